The number of methoxy groups -OCH3 is 2. The van der Waals surface area contributed by atoms with Gasteiger partial charge in [-0.1, -0.05) is 47.2 Å². The lowest BCUT2D eigenvalue weighted by Crippen LogP contribution is -2.39. The van der Waals surface area contributed by atoms with Gasteiger partial charge in [0, 0.05) is 0 Å². The molecule has 1 atom stereocenters. The highest BCUT2D eigenvalue weighted by atomic mass is 32.1. The molecule has 0 spiro atoms. The lowest BCUT2D eigenvalue weighted by Gasteiger charge is -2.24. The minimum Gasteiger partial charge on any atom is -0.497 e. The summed E-state index contributed by atoms with van der Waals surface area (Å²) in [5.41, 5.74) is 3.22. The normalized spacial score (nSPS) is 14.5. The number of carbonyl (C=O) groups excluding carboxylic acids is 1. The molecule has 10 heteroatoms. The van der Waals surface area contributed by atoms with Crippen molar-refractivity contribution < 1.29 is 28.5 Å². The van der Waals surface area contributed by atoms with Gasteiger partial charge in [-0.2, -0.15) is 0 Å². The van der Waals surface area contributed by atoms with E-state index in [0.29, 0.717) is 51.1 Å². The van der Waals surface area contributed by atoms with E-state index in [1.54, 1.807) is 56.9 Å². The van der Waals surface area contributed by atoms with E-state index in [1.165, 1.54) is 16.9 Å². The minimum atomic E-state index is -0.703. The van der Waals surface area contributed by atoms with Crippen molar-refractivity contribution in [3.63, 3.8) is 0 Å². The van der Waals surface area contributed by atoms with Crippen LogP contribution in [-0.4, -0.2) is 44.6 Å². The molecule has 44 heavy (non-hydrogen) atoms. The third kappa shape index (κ3) is 6.55. The fraction of sp³-hybridized carbons (Fsp3) is 0.265. The number of aromatic nitrogens is 1. The number of fused-ring (bicyclic) bond motifs is 1. The Bertz CT molecular complexity index is 1860. The molecular weight excluding hydrogens is 580 g/mol. The van der Waals surface area contributed by atoms with Gasteiger partial charge in [0.25, 0.3) is 5.56 Å². The van der Waals surface area contributed by atoms with Crippen molar-refractivity contribution in [1.29, 1.82) is 0 Å². The monoisotopic (exact) mass is 614 g/mol. The Morgan fingerprint density at radius 1 is 0.909 bits per heavy atom. The summed E-state index contributed by atoms with van der Waals surface area (Å²) in [6.07, 6.45) is 1.78. The maximum absolute atomic E-state index is 13.9. The van der Waals surface area contributed by atoms with Gasteiger partial charge in [-0.3, -0.25) is 9.36 Å². The summed E-state index contributed by atoms with van der Waals surface area (Å²) in [4.78, 5) is 32.1. The van der Waals surface area contributed by atoms with Gasteiger partial charge in [-0.05, 0) is 74.4 Å². The molecule has 0 N–H and O–H groups in total. The van der Waals surface area contributed by atoms with Crippen molar-refractivity contribution in [3.8, 4) is 23.0 Å². The lowest BCUT2D eigenvalue weighted by molar-refractivity contribution is -0.139. The number of hydrogen-bond donors (Lipinski definition) is 0. The first kappa shape index (κ1) is 30.6. The fourth-order valence-electron chi connectivity index (χ4n) is 4.88. The van der Waals surface area contributed by atoms with E-state index in [2.05, 4.69) is 4.99 Å². The third-order valence-corrected chi connectivity index (χ3v) is 8.05. The summed E-state index contributed by atoms with van der Waals surface area (Å²) < 4.78 is 29.9. The first-order valence-corrected chi connectivity index (χ1v) is 15.0. The van der Waals surface area contributed by atoms with Crippen molar-refractivity contribution in [2.24, 2.45) is 4.99 Å². The molecule has 5 rings (SSSR count). The molecule has 0 aliphatic carbocycles. The van der Waals surface area contributed by atoms with E-state index in [4.69, 9.17) is 23.7 Å². The number of rotatable bonds is 11. The average Bonchev–Trinajstić information content (AvgIpc) is 3.33. The maximum Gasteiger partial charge on any atom is 0.338 e. The first-order valence-electron chi connectivity index (χ1n) is 14.2. The van der Waals surface area contributed by atoms with Gasteiger partial charge in [-0.25, -0.2) is 9.79 Å². The number of hydrogen-bond acceptors (Lipinski definition) is 9. The van der Waals surface area contributed by atoms with Crippen LogP contribution in [0.2, 0.25) is 0 Å². The Hall–Kier alpha value is -4.83. The second-order valence-electron chi connectivity index (χ2n) is 10.00. The van der Waals surface area contributed by atoms with Crippen LogP contribution in [0.3, 0.4) is 0 Å². The van der Waals surface area contributed by atoms with E-state index in [9.17, 15) is 9.59 Å². The minimum absolute atomic E-state index is 0.205. The molecule has 1 aliphatic heterocycles. The summed E-state index contributed by atoms with van der Waals surface area (Å²) in [6.45, 7) is 6.44. The van der Waals surface area contributed by atoms with Crippen LogP contribution in [0, 0.1) is 6.92 Å². The Morgan fingerprint density at radius 3 is 2.30 bits per heavy atom. The quantitative estimate of drug-likeness (QED) is 0.180. The summed E-state index contributed by atoms with van der Waals surface area (Å²) in [6, 6.07) is 19.9. The molecule has 9 nitrogen and oxygen atoms in total. The third-order valence-electron chi connectivity index (χ3n) is 7.06. The van der Waals surface area contributed by atoms with E-state index < -0.39 is 12.0 Å². The predicted octanol–water partition coefficient (Wildman–Crippen LogP) is 4.58. The van der Waals surface area contributed by atoms with Crippen molar-refractivity contribution in [2.75, 3.05) is 34.0 Å². The van der Waals surface area contributed by atoms with Crippen LogP contribution in [0.1, 0.15) is 36.6 Å². The number of aryl methyl sites for hydroxylation is 1. The topological polar surface area (TPSA) is 97.6 Å². The van der Waals surface area contributed by atoms with Crippen LogP contribution in [0.4, 0.5) is 0 Å². The second kappa shape index (κ2) is 13.6. The molecule has 4 aromatic rings. The molecule has 1 aromatic heterocycles. The van der Waals surface area contributed by atoms with Crippen LogP contribution in [0.25, 0.3) is 6.08 Å². The van der Waals surface area contributed by atoms with Gasteiger partial charge in [0.1, 0.15) is 24.7 Å². The average molecular weight is 615 g/mol. The Morgan fingerprint density at radius 2 is 1.61 bits per heavy atom. The number of carbonyl (C=O) groups is 1. The number of esters is 1. The predicted molar refractivity (Wildman–Crippen MR) is 169 cm³/mol. The first-order chi connectivity index (χ1) is 21.3. The Kier molecular flexibility index (Phi) is 9.50. The standard InChI is InChI=1S/C34H34N2O7S/c1-6-41-33(38)30-22(3)35-34-36(31(30)24-10-14-25(39-4)15-11-24)32(37)29(44-34)20-23-9-16-27(28(19-23)40-5)43-18-17-42-26-12-7-21(2)8-13-26/h7-16,19-20,31H,6,17-18H2,1-5H3. The molecule has 2 heterocycles. The van der Waals surface area contributed by atoms with Gasteiger partial charge in [0.05, 0.1) is 42.7 Å². The van der Waals surface area contributed by atoms with Crippen LogP contribution in [0.5, 0.6) is 23.0 Å². The van der Waals surface area contributed by atoms with Gasteiger partial charge < -0.3 is 23.7 Å². The summed E-state index contributed by atoms with van der Waals surface area (Å²) >= 11 is 1.26. The van der Waals surface area contributed by atoms with Gasteiger partial charge in [0.2, 0.25) is 0 Å². The second-order valence-corrected chi connectivity index (χ2v) is 11.0. The van der Waals surface area contributed by atoms with E-state index in [0.717, 1.165) is 16.9 Å². The Labute approximate surface area is 259 Å². The smallest absolute Gasteiger partial charge is 0.338 e. The zero-order valence-electron chi connectivity index (χ0n) is 25.3. The van der Waals surface area contributed by atoms with Crippen molar-refractivity contribution >= 4 is 23.4 Å². The molecule has 3 aromatic carbocycles. The lowest BCUT2D eigenvalue weighted by atomic mass is 9.96. The van der Waals surface area contributed by atoms with Gasteiger partial charge in [-0.15, -0.1) is 0 Å². The van der Waals surface area contributed by atoms with Crippen LogP contribution < -0.4 is 33.8 Å². The molecule has 228 valence electrons. The van der Waals surface area contributed by atoms with Crippen LogP contribution in [-0.2, 0) is 9.53 Å². The molecule has 0 radical (unpaired) electrons. The van der Waals surface area contributed by atoms with Gasteiger partial charge in [0.15, 0.2) is 16.3 Å². The molecule has 0 amide bonds. The van der Waals surface area contributed by atoms with E-state index >= 15 is 0 Å². The molecule has 0 saturated heterocycles. The molecular formula is C34H34N2O7S. The number of nitrogens with zero attached hydrogens (tertiary/aromatic N) is 2. The number of allylic oxidation sites excluding steroid dienone is 1. The highest BCUT2D eigenvalue weighted by Gasteiger charge is 2.33. The SMILES string of the molecule is CCOC(=O)C1=C(C)N=c2sc(=Cc3ccc(OCCOc4ccc(C)cc4)c(OC)c3)c(=O)n2C1c1ccc(OC)cc1. The van der Waals surface area contributed by atoms with Crippen LogP contribution >= 0.6 is 11.3 Å². The van der Waals surface area contributed by atoms with E-state index in [1.807, 2.05) is 55.5 Å². The number of thiazole rings is 1. The van der Waals surface area contributed by atoms with Crippen molar-refractivity contribution in [1.82, 2.24) is 4.57 Å². The highest BCUT2D eigenvalue weighted by Crippen LogP contribution is 2.32. The maximum atomic E-state index is 13.9. The molecule has 0 saturated carbocycles. The summed E-state index contributed by atoms with van der Waals surface area (Å²) in [5, 5.41) is 0. The van der Waals surface area contributed by atoms with Crippen molar-refractivity contribution in [3.05, 3.63) is 114 Å². The van der Waals surface area contributed by atoms with Crippen molar-refractivity contribution in [2.45, 2.75) is 26.8 Å². The molecule has 1 unspecified atom stereocenters. The summed E-state index contributed by atoms with van der Waals surface area (Å²) in [5.74, 6) is 2.03. The molecule has 0 fully saturated rings. The largest absolute Gasteiger partial charge is 0.497 e. The Balaban J connectivity index is 1.44. The fourth-order valence-corrected chi connectivity index (χ4v) is 5.93. The number of benzene rings is 3. The van der Waals surface area contributed by atoms with Gasteiger partial charge >= 0.3 is 5.97 Å². The molecule has 1 aliphatic rings. The zero-order valence-corrected chi connectivity index (χ0v) is 26.1. The summed E-state index contributed by atoms with van der Waals surface area (Å²) in [7, 11) is 3.15. The van der Waals surface area contributed by atoms with Crippen LogP contribution in [0.15, 0.2) is 87.8 Å². The zero-order chi connectivity index (χ0) is 31.2. The number of ether oxygens (including phenoxy) is 5. The van der Waals surface area contributed by atoms with E-state index in [-0.39, 0.29) is 12.2 Å². The molecule has 0 bridgehead atoms. The highest BCUT2D eigenvalue weighted by molar-refractivity contribution is 7.07.